The fourth-order valence-electron chi connectivity index (χ4n) is 4.40. The molecule has 1 heterocycles. The zero-order valence-electron chi connectivity index (χ0n) is 13.9. The summed E-state index contributed by atoms with van der Waals surface area (Å²) in [6, 6.07) is 2.25. The number of nitrogens with one attached hydrogen (secondary N) is 1. The number of rotatable bonds is 2. The molecule has 0 aromatic carbocycles. The molecule has 6 heteroatoms. The van der Waals surface area contributed by atoms with Crippen molar-refractivity contribution in [2.24, 2.45) is 5.41 Å². The van der Waals surface area contributed by atoms with Crippen molar-refractivity contribution in [1.82, 2.24) is 10.3 Å². The Balaban J connectivity index is 1.77. The fourth-order valence-corrected chi connectivity index (χ4v) is 4.40. The molecule has 1 spiro atoms. The highest BCUT2D eigenvalue weighted by Crippen LogP contribution is 2.49. The maximum absolute atomic E-state index is 12.7. The van der Waals surface area contributed by atoms with Crippen LogP contribution in [0, 0.1) is 12.3 Å². The first-order chi connectivity index (χ1) is 11.3. The first-order valence-electron chi connectivity index (χ1n) is 8.68. The largest absolute Gasteiger partial charge is 0.433 e. The topological polar surface area (TPSA) is 42.0 Å². The molecule has 2 aliphatic rings. The molecule has 0 saturated heterocycles. The molecular formula is C18H23F3N2O. The summed E-state index contributed by atoms with van der Waals surface area (Å²) in [5, 5.41) is 3.11. The highest BCUT2D eigenvalue weighted by atomic mass is 19.4. The number of amides is 1. The summed E-state index contributed by atoms with van der Waals surface area (Å²) in [6.07, 6.45) is 4.59. The van der Waals surface area contributed by atoms with Crippen LogP contribution < -0.4 is 5.32 Å². The van der Waals surface area contributed by atoms with Crippen LogP contribution in [-0.2, 0) is 6.18 Å². The van der Waals surface area contributed by atoms with Crippen LogP contribution in [0.1, 0.15) is 73.1 Å². The number of carbonyl (C=O) groups is 1. The van der Waals surface area contributed by atoms with Gasteiger partial charge in [0.25, 0.3) is 5.91 Å². The first kappa shape index (κ1) is 17.2. The quantitative estimate of drug-likeness (QED) is 0.852. The van der Waals surface area contributed by atoms with Crippen molar-refractivity contribution < 1.29 is 18.0 Å². The lowest BCUT2D eigenvalue weighted by atomic mass is 9.69. The molecule has 1 N–H and O–H groups in total. The highest BCUT2D eigenvalue weighted by molar-refractivity contribution is 5.95. The molecule has 2 fully saturated rings. The lowest BCUT2D eigenvalue weighted by Crippen LogP contribution is -2.48. The lowest BCUT2D eigenvalue weighted by Gasteiger charge is -2.42. The number of pyridine rings is 1. The van der Waals surface area contributed by atoms with E-state index in [9.17, 15) is 18.0 Å². The second kappa shape index (κ2) is 6.37. The van der Waals surface area contributed by atoms with Gasteiger partial charge >= 0.3 is 6.18 Å². The van der Waals surface area contributed by atoms with Crippen LogP contribution in [0.3, 0.4) is 0 Å². The van der Waals surface area contributed by atoms with E-state index in [2.05, 4.69) is 10.3 Å². The molecule has 0 aliphatic heterocycles. The number of aromatic nitrogens is 1. The van der Waals surface area contributed by atoms with Gasteiger partial charge in [0, 0.05) is 6.04 Å². The lowest BCUT2D eigenvalue weighted by molar-refractivity contribution is -0.141. The summed E-state index contributed by atoms with van der Waals surface area (Å²) in [7, 11) is 0. The Morgan fingerprint density at radius 3 is 2.38 bits per heavy atom. The van der Waals surface area contributed by atoms with E-state index >= 15 is 0 Å². The summed E-state index contributed by atoms with van der Waals surface area (Å²) < 4.78 is 38.1. The molecule has 1 aromatic heterocycles. The minimum atomic E-state index is -4.49. The Bertz CT molecular complexity index is 621. The maximum Gasteiger partial charge on any atom is 0.433 e. The van der Waals surface area contributed by atoms with Crippen LogP contribution in [0.2, 0.25) is 0 Å². The zero-order valence-corrected chi connectivity index (χ0v) is 13.9. The minimum Gasteiger partial charge on any atom is -0.349 e. The summed E-state index contributed by atoms with van der Waals surface area (Å²) >= 11 is 0. The van der Waals surface area contributed by atoms with E-state index in [4.69, 9.17) is 0 Å². The van der Waals surface area contributed by atoms with Gasteiger partial charge in [-0.05, 0) is 50.2 Å². The van der Waals surface area contributed by atoms with Crippen molar-refractivity contribution in [3.63, 3.8) is 0 Å². The molecule has 0 radical (unpaired) electrons. The van der Waals surface area contributed by atoms with Gasteiger partial charge in [-0.25, -0.2) is 4.98 Å². The minimum absolute atomic E-state index is 0.124. The van der Waals surface area contributed by atoms with Gasteiger partial charge in [0.1, 0.15) is 5.69 Å². The predicted octanol–water partition coefficient (Wildman–Crippen LogP) is 4.64. The molecule has 132 valence electrons. The van der Waals surface area contributed by atoms with E-state index in [0.29, 0.717) is 0 Å². The first-order valence-corrected chi connectivity index (χ1v) is 8.68. The van der Waals surface area contributed by atoms with Gasteiger partial charge in [0.05, 0.1) is 11.3 Å². The molecule has 0 bridgehead atoms. The Morgan fingerprint density at radius 1 is 1.17 bits per heavy atom. The third-order valence-corrected chi connectivity index (χ3v) is 5.68. The van der Waals surface area contributed by atoms with Crippen molar-refractivity contribution in [3.8, 4) is 0 Å². The van der Waals surface area contributed by atoms with E-state index in [1.54, 1.807) is 0 Å². The Labute approximate surface area is 140 Å². The average molecular weight is 340 g/mol. The molecule has 1 aromatic rings. The number of aryl methyl sites for hydroxylation is 1. The van der Waals surface area contributed by atoms with Crippen molar-refractivity contribution in [2.45, 2.75) is 70.5 Å². The van der Waals surface area contributed by atoms with Gasteiger partial charge in [0.2, 0.25) is 0 Å². The van der Waals surface area contributed by atoms with Crippen LogP contribution in [0.5, 0.6) is 0 Å². The van der Waals surface area contributed by atoms with E-state index < -0.39 is 11.9 Å². The van der Waals surface area contributed by atoms with E-state index in [0.717, 1.165) is 38.2 Å². The van der Waals surface area contributed by atoms with Crippen LogP contribution in [0.25, 0.3) is 0 Å². The molecule has 1 unspecified atom stereocenters. The third kappa shape index (κ3) is 3.28. The smallest absolute Gasteiger partial charge is 0.349 e. The molecule has 2 saturated carbocycles. The van der Waals surface area contributed by atoms with Crippen molar-refractivity contribution in [1.29, 1.82) is 0 Å². The number of alkyl halides is 3. The van der Waals surface area contributed by atoms with Crippen molar-refractivity contribution in [2.75, 3.05) is 0 Å². The van der Waals surface area contributed by atoms with E-state index in [1.165, 1.54) is 32.3 Å². The van der Waals surface area contributed by atoms with Gasteiger partial charge < -0.3 is 5.32 Å². The van der Waals surface area contributed by atoms with Gasteiger partial charge in [-0.15, -0.1) is 0 Å². The summed E-state index contributed by atoms with van der Waals surface area (Å²) in [6.45, 7) is 1.45. The van der Waals surface area contributed by atoms with Crippen LogP contribution in [0.4, 0.5) is 13.2 Å². The predicted molar refractivity (Wildman–Crippen MR) is 84.6 cm³/mol. The monoisotopic (exact) mass is 340 g/mol. The second-order valence-corrected chi connectivity index (χ2v) is 7.17. The summed E-state index contributed by atoms with van der Waals surface area (Å²) in [4.78, 5) is 16.2. The zero-order chi connectivity index (χ0) is 17.4. The number of hydrogen-bond acceptors (Lipinski definition) is 2. The molecule has 3 rings (SSSR count). The maximum atomic E-state index is 12.7. The van der Waals surface area contributed by atoms with Gasteiger partial charge in [0.15, 0.2) is 0 Å². The third-order valence-electron chi connectivity index (χ3n) is 5.68. The number of nitrogens with zero attached hydrogens (tertiary/aromatic N) is 1. The van der Waals surface area contributed by atoms with Crippen molar-refractivity contribution >= 4 is 5.91 Å². The van der Waals surface area contributed by atoms with Gasteiger partial charge in [-0.1, -0.05) is 25.7 Å². The van der Waals surface area contributed by atoms with E-state index in [1.807, 2.05) is 0 Å². The molecular weight excluding hydrogens is 317 g/mol. The number of halogens is 3. The Morgan fingerprint density at radius 2 is 1.79 bits per heavy atom. The Kier molecular flexibility index (Phi) is 4.58. The molecule has 2 aliphatic carbocycles. The molecule has 1 amide bonds. The summed E-state index contributed by atoms with van der Waals surface area (Å²) in [5.41, 5.74) is -0.400. The molecule has 24 heavy (non-hydrogen) atoms. The van der Waals surface area contributed by atoms with Gasteiger partial charge in [-0.2, -0.15) is 13.2 Å². The molecule has 1 atom stereocenters. The van der Waals surface area contributed by atoms with Crippen LogP contribution in [-0.4, -0.2) is 16.9 Å². The van der Waals surface area contributed by atoms with Crippen LogP contribution in [0.15, 0.2) is 12.1 Å². The van der Waals surface area contributed by atoms with Crippen LogP contribution >= 0.6 is 0 Å². The molecule has 3 nitrogen and oxygen atoms in total. The van der Waals surface area contributed by atoms with Crippen molar-refractivity contribution in [3.05, 3.63) is 29.1 Å². The second-order valence-electron chi connectivity index (χ2n) is 7.17. The Hall–Kier alpha value is -1.59. The summed E-state index contributed by atoms with van der Waals surface area (Å²) in [5.74, 6) is -0.299. The van der Waals surface area contributed by atoms with Gasteiger partial charge in [-0.3, -0.25) is 4.79 Å². The van der Waals surface area contributed by atoms with E-state index in [-0.39, 0.29) is 28.6 Å². The number of hydrogen-bond donors (Lipinski definition) is 1. The fraction of sp³-hybridized carbons (Fsp3) is 0.667. The highest BCUT2D eigenvalue weighted by Gasteiger charge is 2.43. The normalized spacial score (nSPS) is 23.4. The number of carbonyl (C=O) groups excluding carboxylic acids is 1. The standard InChI is InChI=1S/C18H23F3N2O/c1-12-13(7-8-15(22-12)18(19,20)21)16(24)23-14-6-2-3-9-17(14)10-4-5-11-17/h7-8,14H,2-6,9-11H2,1H3,(H,23,24). The SMILES string of the molecule is Cc1nc(C(F)(F)F)ccc1C(=O)NC1CCCCC12CCCC2. The average Bonchev–Trinajstić information content (AvgIpc) is 2.98.